The summed E-state index contributed by atoms with van der Waals surface area (Å²) >= 11 is 0. The first-order valence-electron chi connectivity index (χ1n) is 6.11. The molecular weight excluding hydrogens is 323 g/mol. The molecule has 7 nitrogen and oxygen atoms in total. The molecule has 0 aromatic heterocycles. The quantitative estimate of drug-likeness (QED) is 0.515. The van der Waals surface area contributed by atoms with Crippen LogP contribution in [0.5, 0.6) is 5.75 Å². The fraction of sp³-hybridized carbons (Fsp3) is 0.333. The van der Waals surface area contributed by atoms with Crippen molar-refractivity contribution >= 4 is 19.2 Å². The van der Waals surface area contributed by atoms with Crippen molar-refractivity contribution in [2.45, 2.75) is 6.42 Å². The molecule has 0 aliphatic heterocycles. The molecule has 0 aliphatic rings. The highest BCUT2D eigenvalue weighted by Crippen LogP contribution is 2.53. The standard InChI is InChI=1S/C12H14F2NO6P/c13-8-4-7(12(18)22(19,20)3-1-2-15)5-9(14)11(8)21-6-10(16)17/h4-5,19-20H,1-3,6,15H2/p+1. The minimum absolute atomic E-state index is 0.126. The first kappa shape index (κ1) is 18.4. The first-order chi connectivity index (χ1) is 10.2. The van der Waals surface area contributed by atoms with E-state index in [-0.39, 0.29) is 19.1 Å². The second kappa shape index (κ2) is 7.55. The van der Waals surface area contributed by atoms with Crippen LogP contribution in [0.2, 0.25) is 0 Å². The van der Waals surface area contributed by atoms with Crippen molar-refractivity contribution in [1.82, 2.24) is 0 Å². The SMILES string of the molecule is NCCC[P+](O)(O)C(=O)c1cc(F)c(OCC(=O)O)c(F)c1. The van der Waals surface area contributed by atoms with Crippen LogP contribution in [-0.4, -0.2) is 45.7 Å². The summed E-state index contributed by atoms with van der Waals surface area (Å²) in [6.45, 7) is -0.838. The number of nitrogens with two attached hydrogens (primary N) is 1. The monoisotopic (exact) mass is 338 g/mol. The van der Waals surface area contributed by atoms with Gasteiger partial charge in [-0.1, -0.05) is 0 Å². The molecule has 1 aromatic carbocycles. The molecule has 0 saturated carbocycles. The van der Waals surface area contributed by atoms with Gasteiger partial charge in [-0.2, -0.15) is 0 Å². The number of carbonyl (C=O) groups is 2. The molecule has 0 saturated heterocycles. The number of halogens is 2. The molecule has 0 spiro atoms. The summed E-state index contributed by atoms with van der Waals surface area (Å²) in [5, 5.41) is 8.39. The van der Waals surface area contributed by atoms with Crippen molar-refractivity contribution in [3.63, 3.8) is 0 Å². The van der Waals surface area contributed by atoms with Crippen molar-refractivity contribution in [3.05, 3.63) is 29.3 Å². The summed E-state index contributed by atoms with van der Waals surface area (Å²) in [6.07, 6.45) is -0.125. The molecule has 0 bridgehead atoms. The van der Waals surface area contributed by atoms with Gasteiger partial charge in [-0.25, -0.2) is 28.2 Å². The van der Waals surface area contributed by atoms with Crippen LogP contribution in [0.25, 0.3) is 0 Å². The average molecular weight is 338 g/mol. The predicted molar refractivity (Wildman–Crippen MR) is 73.7 cm³/mol. The lowest BCUT2D eigenvalue weighted by Gasteiger charge is -2.11. The topological polar surface area (TPSA) is 130 Å². The van der Waals surface area contributed by atoms with Gasteiger partial charge in [0.05, 0.1) is 5.56 Å². The van der Waals surface area contributed by atoms with E-state index in [9.17, 15) is 28.2 Å². The normalized spacial score (nSPS) is 11.3. The van der Waals surface area contributed by atoms with Crippen LogP contribution in [0.4, 0.5) is 8.78 Å². The number of hydrogen-bond donors (Lipinski definition) is 4. The molecule has 0 aliphatic carbocycles. The predicted octanol–water partition coefficient (Wildman–Crippen LogP) is 0.749. The highest BCUT2D eigenvalue weighted by Gasteiger charge is 2.44. The maximum Gasteiger partial charge on any atom is 0.356 e. The van der Waals surface area contributed by atoms with Gasteiger partial charge in [0.1, 0.15) is 6.16 Å². The molecule has 0 radical (unpaired) electrons. The zero-order chi connectivity index (χ0) is 16.9. The van der Waals surface area contributed by atoms with Gasteiger partial charge in [-0.3, -0.25) is 0 Å². The maximum atomic E-state index is 13.7. The van der Waals surface area contributed by atoms with Crippen LogP contribution < -0.4 is 10.5 Å². The van der Waals surface area contributed by atoms with Crippen molar-refractivity contribution < 1.29 is 38.0 Å². The lowest BCUT2D eigenvalue weighted by atomic mass is 10.2. The van der Waals surface area contributed by atoms with Crippen LogP contribution in [0.15, 0.2) is 12.1 Å². The van der Waals surface area contributed by atoms with Gasteiger partial charge in [0, 0.05) is 0 Å². The van der Waals surface area contributed by atoms with Crippen LogP contribution >= 0.6 is 7.72 Å². The molecule has 0 heterocycles. The fourth-order valence-electron chi connectivity index (χ4n) is 1.58. The van der Waals surface area contributed by atoms with E-state index < -0.39 is 48.8 Å². The smallest absolute Gasteiger partial charge is 0.356 e. The van der Waals surface area contributed by atoms with Gasteiger partial charge in [0.25, 0.3) is 0 Å². The van der Waals surface area contributed by atoms with Crippen LogP contribution in [0, 0.1) is 11.6 Å². The average Bonchev–Trinajstić information content (AvgIpc) is 2.42. The van der Waals surface area contributed by atoms with Gasteiger partial charge < -0.3 is 15.6 Å². The van der Waals surface area contributed by atoms with Gasteiger partial charge in [0.15, 0.2) is 24.0 Å². The van der Waals surface area contributed by atoms with E-state index >= 15 is 0 Å². The van der Waals surface area contributed by atoms with E-state index in [1.54, 1.807) is 0 Å². The third-order valence-electron chi connectivity index (χ3n) is 2.58. The highest BCUT2D eigenvalue weighted by atomic mass is 31.2. The summed E-state index contributed by atoms with van der Waals surface area (Å²) in [4.78, 5) is 41.6. The Labute approximate surface area is 124 Å². The molecule has 1 rings (SSSR count). The third-order valence-corrected chi connectivity index (χ3v) is 4.43. The van der Waals surface area contributed by atoms with Gasteiger partial charge >= 0.3 is 19.2 Å². The molecule has 1 aromatic rings. The Bertz CT molecular complexity index is 558. The Balaban J connectivity index is 3.03. The zero-order valence-electron chi connectivity index (χ0n) is 11.3. The molecule has 0 amide bonds. The van der Waals surface area contributed by atoms with E-state index in [1.807, 2.05) is 0 Å². The van der Waals surface area contributed by atoms with E-state index in [0.29, 0.717) is 12.1 Å². The Morgan fingerprint density at radius 2 is 1.77 bits per heavy atom. The molecule has 0 atom stereocenters. The number of hydrogen-bond acceptors (Lipinski definition) is 6. The Kier molecular flexibility index (Phi) is 6.31. The van der Waals surface area contributed by atoms with Gasteiger partial charge in [0.2, 0.25) is 0 Å². The lowest BCUT2D eigenvalue weighted by Crippen LogP contribution is -2.15. The second-order valence-corrected chi connectivity index (χ2v) is 6.67. The highest BCUT2D eigenvalue weighted by molar-refractivity contribution is 7.81. The molecule has 0 fully saturated rings. The molecule has 5 N–H and O–H groups in total. The Morgan fingerprint density at radius 1 is 1.23 bits per heavy atom. The summed E-state index contributed by atoms with van der Waals surface area (Å²) < 4.78 is 31.8. The molecule has 22 heavy (non-hydrogen) atoms. The molecule has 0 unspecified atom stereocenters. The number of benzene rings is 1. The minimum Gasteiger partial charge on any atom is -0.479 e. The van der Waals surface area contributed by atoms with Crippen LogP contribution in [-0.2, 0) is 4.79 Å². The van der Waals surface area contributed by atoms with Gasteiger partial charge in [-0.05, 0) is 25.1 Å². The largest absolute Gasteiger partial charge is 0.479 e. The van der Waals surface area contributed by atoms with Crippen LogP contribution in [0.1, 0.15) is 16.8 Å². The lowest BCUT2D eigenvalue weighted by molar-refractivity contribution is -0.139. The summed E-state index contributed by atoms with van der Waals surface area (Å²) in [7, 11) is -4.05. The van der Waals surface area contributed by atoms with Crippen molar-refractivity contribution in [2.75, 3.05) is 19.3 Å². The second-order valence-electron chi connectivity index (χ2n) is 4.35. The van der Waals surface area contributed by atoms with E-state index in [1.165, 1.54) is 0 Å². The zero-order valence-corrected chi connectivity index (χ0v) is 12.2. The van der Waals surface area contributed by atoms with Crippen molar-refractivity contribution in [2.24, 2.45) is 5.73 Å². The fourth-order valence-corrected chi connectivity index (χ4v) is 2.94. The number of carboxylic acid groups (broad SMARTS) is 1. The van der Waals surface area contributed by atoms with E-state index in [0.717, 1.165) is 0 Å². The Morgan fingerprint density at radius 3 is 2.23 bits per heavy atom. The number of rotatable bonds is 8. The van der Waals surface area contributed by atoms with Crippen LogP contribution in [0.3, 0.4) is 0 Å². The van der Waals surface area contributed by atoms with E-state index in [2.05, 4.69) is 4.74 Å². The number of carbonyl (C=O) groups excluding carboxylic acids is 1. The van der Waals surface area contributed by atoms with Crippen molar-refractivity contribution in [3.8, 4) is 5.75 Å². The van der Waals surface area contributed by atoms with E-state index in [4.69, 9.17) is 10.8 Å². The minimum atomic E-state index is -4.05. The Hall–Kier alpha value is -1.67. The number of ether oxygens (including phenoxy) is 1. The molecule has 10 heteroatoms. The number of carboxylic acids is 1. The summed E-state index contributed by atoms with van der Waals surface area (Å²) in [5.41, 5.74) is 3.43. The summed E-state index contributed by atoms with van der Waals surface area (Å²) in [5.74, 6) is -5.02. The van der Waals surface area contributed by atoms with Crippen molar-refractivity contribution in [1.29, 1.82) is 0 Å². The third kappa shape index (κ3) is 4.67. The first-order valence-corrected chi connectivity index (χ1v) is 7.99. The summed E-state index contributed by atoms with van der Waals surface area (Å²) in [6, 6.07) is 1.12. The number of aliphatic carboxylic acids is 1. The molecule has 122 valence electrons. The molecular formula is C12H15F2NO6P+. The maximum absolute atomic E-state index is 13.7. The van der Waals surface area contributed by atoms with Gasteiger partial charge in [-0.15, -0.1) is 0 Å².